The smallest absolute Gasteiger partial charge is 0.265 e. The van der Waals surface area contributed by atoms with E-state index in [9.17, 15) is 9.90 Å². The molecule has 0 aliphatic rings. The van der Waals surface area contributed by atoms with E-state index in [1.54, 1.807) is 13.2 Å². The molecule has 0 aromatic carbocycles. The van der Waals surface area contributed by atoms with Gasteiger partial charge in [0.2, 0.25) is 0 Å². The molecular formula is C13H21NO3S. The standard InChI is InChI=1S/C13H21NO3S/c1-4-13(5-2,9-15)8-14-12(16)11-10(17-3)6-7-18-11/h6-7,15H,4-5,8-9H2,1-3H3,(H,14,16). The Hall–Kier alpha value is -1.07. The maximum atomic E-state index is 12.0. The Balaban J connectivity index is 2.66. The first kappa shape index (κ1) is 15.0. The van der Waals surface area contributed by atoms with Crippen LogP contribution in [0.2, 0.25) is 0 Å². The lowest BCUT2D eigenvalue weighted by atomic mass is 9.83. The topological polar surface area (TPSA) is 58.6 Å². The maximum Gasteiger partial charge on any atom is 0.265 e. The zero-order valence-electron chi connectivity index (χ0n) is 11.2. The number of carbonyl (C=O) groups excluding carboxylic acids is 1. The lowest BCUT2D eigenvalue weighted by Gasteiger charge is -2.29. The van der Waals surface area contributed by atoms with E-state index in [1.165, 1.54) is 11.3 Å². The molecule has 0 aliphatic carbocycles. The van der Waals surface area contributed by atoms with Crippen LogP contribution in [0.1, 0.15) is 36.4 Å². The van der Waals surface area contributed by atoms with Crippen LogP contribution in [0.5, 0.6) is 5.75 Å². The molecule has 4 nitrogen and oxygen atoms in total. The van der Waals surface area contributed by atoms with Crippen molar-refractivity contribution in [1.82, 2.24) is 5.32 Å². The lowest BCUT2D eigenvalue weighted by molar-refractivity contribution is 0.0852. The Morgan fingerprint density at radius 2 is 2.17 bits per heavy atom. The number of aliphatic hydroxyl groups excluding tert-OH is 1. The molecule has 0 unspecified atom stereocenters. The summed E-state index contributed by atoms with van der Waals surface area (Å²) in [5, 5.41) is 14.2. The normalized spacial score (nSPS) is 11.3. The minimum absolute atomic E-state index is 0.0852. The van der Waals surface area contributed by atoms with Gasteiger partial charge in [0.05, 0.1) is 13.7 Å². The Kier molecular flexibility index (Phi) is 5.62. The Labute approximate surface area is 112 Å². The van der Waals surface area contributed by atoms with Gasteiger partial charge in [0.15, 0.2) is 0 Å². The van der Waals surface area contributed by atoms with Gasteiger partial charge in [-0.15, -0.1) is 11.3 Å². The average Bonchev–Trinajstić information content (AvgIpc) is 2.89. The molecule has 1 aromatic heterocycles. The zero-order chi connectivity index (χ0) is 13.6. The van der Waals surface area contributed by atoms with Gasteiger partial charge in [-0.1, -0.05) is 13.8 Å². The van der Waals surface area contributed by atoms with Crippen molar-refractivity contribution in [2.75, 3.05) is 20.3 Å². The number of carbonyl (C=O) groups is 1. The van der Waals surface area contributed by atoms with Crippen LogP contribution in [0.25, 0.3) is 0 Å². The van der Waals surface area contributed by atoms with E-state index < -0.39 is 0 Å². The van der Waals surface area contributed by atoms with E-state index in [-0.39, 0.29) is 17.9 Å². The number of amides is 1. The van der Waals surface area contributed by atoms with Gasteiger partial charge in [0.25, 0.3) is 5.91 Å². The van der Waals surface area contributed by atoms with Gasteiger partial charge in [-0.25, -0.2) is 0 Å². The molecule has 5 heteroatoms. The maximum absolute atomic E-state index is 12.0. The molecule has 0 spiro atoms. The van der Waals surface area contributed by atoms with Crippen molar-refractivity contribution in [2.45, 2.75) is 26.7 Å². The number of rotatable bonds is 7. The van der Waals surface area contributed by atoms with Crippen molar-refractivity contribution in [3.8, 4) is 5.75 Å². The predicted molar refractivity (Wildman–Crippen MR) is 73.3 cm³/mol. The summed E-state index contributed by atoms with van der Waals surface area (Å²) in [6.45, 7) is 4.62. The molecule has 0 saturated heterocycles. The van der Waals surface area contributed by atoms with E-state index in [0.29, 0.717) is 17.2 Å². The summed E-state index contributed by atoms with van der Waals surface area (Å²) >= 11 is 1.36. The fraction of sp³-hybridized carbons (Fsp3) is 0.615. The molecule has 1 heterocycles. The summed E-state index contributed by atoms with van der Waals surface area (Å²) in [7, 11) is 1.55. The van der Waals surface area contributed by atoms with Gasteiger partial charge in [-0.2, -0.15) is 0 Å². The van der Waals surface area contributed by atoms with E-state index in [4.69, 9.17) is 4.74 Å². The van der Waals surface area contributed by atoms with Crippen LogP contribution < -0.4 is 10.1 Å². The van der Waals surface area contributed by atoms with Crippen molar-refractivity contribution in [3.63, 3.8) is 0 Å². The Bertz CT molecular complexity index is 377. The molecule has 2 N–H and O–H groups in total. The third-order valence-electron chi connectivity index (χ3n) is 3.51. The monoisotopic (exact) mass is 271 g/mol. The molecule has 102 valence electrons. The molecule has 1 amide bonds. The first-order valence-corrected chi connectivity index (χ1v) is 7.01. The molecule has 1 rings (SSSR count). The molecule has 0 bridgehead atoms. The van der Waals surface area contributed by atoms with Gasteiger partial charge in [-0.3, -0.25) is 4.79 Å². The van der Waals surface area contributed by atoms with Crippen LogP contribution in [0.3, 0.4) is 0 Å². The predicted octanol–water partition coefficient (Wildman–Crippen LogP) is 2.29. The number of hydrogen-bond donors (Lipinski definition) is 2. The lowest BCUT2D eigenvalue weighted by Crippen LogP contribution is -2.39. The van der Waals surface area contributed by atoms with Crippen molar-refractivity contribution in [1.29, 1.82) is 0 Å². The molecule has 0 atom stereocenters. The summed E-state index contributed by atoms with van der Waals surface area (Å²) < 4.78 is 5.12. The fourth-order valence-corrected chi connectivity index (χ4v) is 2.53. The minimum Gasteiger partial charge on any atom is -0.495 e. The summed E-state index contributed by atoms with van der Waals surface area (Å²) in [4.78, 5) is 12.6. The molecule has 0 fully saturated rings. The van der Waals surface area contributed by atoms with Crippen molar-refractivity contribution in [2.24, 2.45) is 5.41 Å². The number of methoxy groups -OCH3 is 1. The first-order valence-electron chi connectivity index (χ1n) is 6.13. The van der Waals surface area contributed by atoms with E-state index in [2.05, 4.69) is 5.32 Å². The molecule has 0 aliphatic heterocycles. The largest absolute Gasteiger partial charge is 0.495 e. The van der Waals surface area contributed by atoms with Gasteiger partial charge in [0, 0.05) is 12.0 Å². The second kappa shape index (κ2) is 6.75. The molecule has 0 saturated carbocycles. The van der Waals surface area contributed by atoms with Gasteiger partial charge < -0.3 is 15.2 Å². The zero-order valence-corrected chi connectivity index (χ0v) is 12.0. The summed E-state index contributed by atoms with van der Waals surface area (Å²) in [5.41, 5.74) is -0.222. The van der Waals surface area contributed by atoms with Gasteiger partial charge in [-0.05, 0) is 24.3 Å². The summed E-state index contributed by atoms with van der Waals surface area (Å²) in [6, 6.07) is 1.78. The van der Waals surface area contributed by atoms with Gasteiger partial charge >= 0.3 is 0 Å². The Morgan fingerprint density at radius 1 is 1.50 bits per heavy atom. The molecule has 18 heavy (non-hydrogen) atoms. The van der Waals surface area contributed by atoms with Crippen LogP contribution in [-0.2, 0) is 0 Å². The summed E-state index contributed by atoms with van der Waals surface area (Å²) in [5.74, 6) is 0.460. The third kappa shape index (κ3) is 3.23. The number of aliphatic hydroxyl groups is 1. The second-order valence-electron chi connectivity index (χ2n) is 4.37. The summed E-state index contributed by atoms with van der Waals surface area (Å²) in [6.07, 6.45) is 1.67. The highest BCUT2D eigenvalue weighted by molar-refractivity contribution is 7.12. The first-order chi connectivity index (χ1) is 8.62. The SMILES string of the molecule is CCC(CC)(CO)CNC(=O)c1sccc1OC. The van der Waals surface area contributed by atoms with E-state index in [1.807, 2.05) is 19.2 Å². The quantitative estimate of drug-likeness (QED) is 0.800. The molecular weight excluding hydrogens is 250 g/mol. The van der Waals surface area contributed by atoms with Crippen LogP contribution in [0, 0.1) is 5.41 Å². The highest BCUT2D eigenvalue weighted by Gasteiger charge is 2.26. The van der Waals surface area contributed by atoms with Crippen LogP contribution >= 0.6 is 11.3 Å². The highest BCUT2D eigenvalue weighted by Crippen LogP contribution is 2.27. The fourth-order valence-electron chi connectivity index (χ4n) is 1.75. The number of nitrogens with one attached hydrogen (secondary N) is 1. The number of ether oxygens (including phenoxy) is 1. The van der Waals surface area contributed by atoms with Crippen molar-refractivity contribution in [3.05, 3.63) is 16.3 Å². The number of thiophene rings is 1. The molecule has 0 radical (unpaired) electrons. The molecule has 1 aromatic rings. The third-order valence-corrected chi connectivity index (χ3v) is 4.41. The Morgan fingerprint density at radius 3 is 2.67 bits per heavy atom. The average molecular weight is 271 g/mol. The minimum atomic E-state index is -0.222. The highest BCUT2D eigenvalue weighted by atomic mass is 32.1. The van der Waals surface area contributed by atoms with Gasteiger partial charge in [0.1, 0.15) is 10.6 Å². The van der Waals surface area contributed by atoms with E-state index in [0.717, 1.165) is 12.8 Å². The van der Waals surface area contributed by atoms with Crippen LogP contribution in [0.4, 0.5) is 0 Å². The second-order valence-corrected chi connectivity index (χ2v) is 5.28. The van der Waals surface area contributed by atoms with Crippen molar-refractivity contribution >= 4 is 17.2 Å². The van der Waals surface area contributed by atoms with Crippen LogP contribution in [-0.4, -0.2) is 31.3 Å². The van der Waals surface area contributed by atoms with Crippen molar-refractivity contribution < 1.29 is 14.6 Å². The van der Waals surface area contributed by atoms with E-state index >= 15 is 0 Å². The number of hydrogen-bond acceptors (Lipinski definition) is 4. The van der Waals surface area contributed by atoms with Crippen LogP contribution in [0.15, 0.2) is 11.4 Å².